The predicted molar refractivity (Wildman–Crippen MR) is 63.9 cm³/mol. The van der Waals surface area contributed by atoms with Gasteiger partial charge in [-0.15, -0.1) is 6.42 Å². The lowest BCUT2D eigenvalue weighted by Gasteiger charge is -2.21. The third kappa shape index (κ3) is 1.93. The monoisotopic (exact) mass is 214 g/mol. The first-order valence-corrected chi connectivity index (χ1v) is 5.31. The number of rotatable bonds is 0. The molecule has 0 saturated carbocycles. The molecule has 0 bridgehead atoms. The van der Waals surface area contributed by atoms with Gasteiger partial charge in [0.15, 0.2) is 0 Å². The van der Waals surface area contributed by atoms with Gasteiger partial charge in [0.05, 0.1) is 0 Å². The first-order chi connectivity index (χ1) is 7.72. The fourth-order valence-electron chi connectivity index (χ4n) is 1.91. The van der Waals surface area contributed by atoms with Crippen LogP contribution in [0.15, 0.2) is 24.3 Å². The molecule has 1 heterocycles. The maximum atomic E-state index is 11.7. The Bertz CT molecular complexity index is 447. The quantitative estimate of drug-likeness (QED) is 0.657. The molecule has 1 N–H and O–H groups in total. The zero-order valence-electron chi connectivity index (χ0n) is 9.23. The molecule has 1 aromatic rings. The Kier molecular flexibility index (Phi) is 2.93. The summed E-state index contributed by atoms with van der Waals surface area (Å²) in [5, 5.41) is 3.35. The second-order valence-electron chi connectivity index (χ2n) is 3.97. The number of nitrogens with zero attached hydrogens (tertiary/aromatic N) is 1. The standard InChI is InChI=1S/C13H14N2O/c1-3-13(16)15-9-10(2)14-8-11-6-4-5-7-12(11)15/h1,4-7,10,14H,8-9H2,2H3. The Balaban J connectivity index is 2.43. The number of benzene rings is 1. The fraction of sp³-hybridized carbons (Fsp3) is 0.308. The van der Waals surface area contributed by atoms with Crippen molar-refractivity contribution in [3.8, 4) is 12.3 Å². The largest absolute Gasteiger partial charge is 0.308 e. The summed E-state index contributed by atoms with van der Waals surface area (Å²) < 4.78 is 0. The summed E-state index contributed by atoms with van der Waals surface area (Å²) in [4.78, 5) is 13.4. The van der Waals surface area contributed by atoms with Crippen molar-refractivity contribution >= 4 is 11.6 Å². The van der Waals surface area contributed by atoms with Crippen LogP contribution in [0.4, 0.5) is 5.69 Å². The van der Waals surface area contributed by atoms with Crippen LogP contribution in [0, 0.1) is 12.3 Å². The minimum absolute atomic E-state index is 0.240. The van der Waals surface area contributed by atoms with Crippen LogP contribution in [-0.2, 0) is 11.3 Å². The van der Waals surface area contributed by atoms with Crippen molar-refractivity contribution in [2.24, 2.45) is 0 Å². The molecule has 0 aliphatic carbocycles. The maximum absolute atomic E-state index is 11.7. The molecule has 3 nitrogen and oxygen atoms in total. The van der Waals surface area contributed by atoms with Crippen LogP contribution in [0.25, 0.3) is 0 Å². The number of carbonyl (C=O) groups excluding carboxylic acids is 1. The minimum Gasteiger partial charge on any atom is -0.308 e. The number of anilines is 1. The van der Waals surface area contributed by atoms with Crippen LogP contribution in [-0.4, -0.2) is 18.5 Å². The summed E-state index contributed by atoms with van der Waals surface area (Å²) in [6, 6.07) is 8.08. The third-order valence-electron chi connectivity index (χ3n) is 2.75. The zero-order valence-corrected chi connectivity index (χ0v) is 9.23. The van der Waals surface area contributed by atoms with Crippen LogP contribution in [0.3, 0.4) is 0 Å². The van der Waals surface area contributed by atoms with E-state index in [0.717, 1.165) is 17.8 Å². The molecule has 1 aliphatic heterocycles. The van der Waals surface area contributed by atoms with Crippen molar-refractivity contribution in [2.75, 3.05) is 11.4 Å². The van der Waals surface area contributed by atoms with Crippen LogP contribution in [0.2, 0.25) is 0 Å². The predicted octanol–water partition coefficient (Wildman–Crippen LogP) is 1.14. The molecule has 1 unspecified atom stereocenters. The van der Waals surface area contributed by atoms with Gasteiger partial charge in [0, 0.05) is 24.8 Å². The van der Waals surface area contributed by atoms with Gasteiger partial charge < -0.3 is 5.32 Å². The van der Waals surface area contributed by atoms with Gasteiger partial charge >= 0.3 is 5.91 Å². The lowest BCUT2D eigenvalue weighted by molar-refractivity contribution is -0.113. The fourth-order valence-corrected chi connectivity index (χ4v) is 1.91. The van der Waals surface area contributed by atoms with Gasteiger partial charge in [-0.2, -0.15) is 0 Å². The van der Waals surface area contributed by atoms with Crippen molar-refractivity contribution in [1.29, 1.82) is 0 Å². The Morgan fingerprint density at radius 3 is 3.06 bits per heavy atom. The number of terminal acetylenes is 1. The van der Waals surface area contributed by atoms with Gasteiger partial charge in [-0.3, -0.25) is 9.69 Å². The van der Waals surface area contributed by atoms with E-state index < -0.39 is 0 Å². The van der Waals surface area contributed by atoms with Crippen LogP contribution in [0.1, 0.15) is 12.5 Å². The molecule has 1 aliphatic rings. The summed E-state index contributed by atoms with van der Waals surface area (Å²) >= 11 is 0. The molecule has 82 valence electrons. The highest BCUT2D eigenvalue weighted by Gasteiger charge is 2.22. The zero-order chi connectivity index (χ0) is 11.5. The first kappa shape index (κ1) is 10.7. The number of para-hydroxylation sites is 1. The molecule has 0 spiro atoms. The topological polar surface area (TPSA) is 32.3 Å². The Labute approximate surface area is 95.5 Å². The maximum Gasteiger partial charge on any atom is 0.302 e. The second kappa shape index (κ2) is 4.38. The first-order valence-electron chi connectivity index (χ1n) is 5.31. The third-order valence-corrected chi connectivity index (χ3v) is 2.75. The lowest BCUT2D eigenvalue weighted by Crippen LogP contribution is -2.39. The van der Waals surface area contributed by atoms with E-state index in [9.17, 15) is 4.79 Å². The number of fused-ring (bicyclic) bond motifs is 1. The highest BCUT2D eigenvalue weighted by Crippen LogP contribution is 2.23. The minimum atomic E-state index is -0.275. The molecular formula is C13H14N2O. The van der Waals surface area contributed by atoms with Crippen molar-refractivity contribution < 1.29 is 4.79 Å². The molecule has 1 amide bonds. The van der Waals surface area contributed by atoms with Crippen LogP contribution < -0.4 is 10.2 Å². The summed E-state index contributed by atoms with van der Waals surface area (Å²) in [5.41, 5.74) is 2.03. The molecular weight excluding hydrogens is 200 g/mol. The molecule has 3 heteroatoms. The lowest BCUT2D eigenvalue weighted by atomic mass is 10.1. The number of hydrogen-bond acceptors (Lipinski definition) is 2. The number of carbonyl (C=O) groups is 1. The summed E-state index contributed by atoms with van der Waals surface area (Å²) in [6.07, 6.45) is 5.19. The van der Waals surface area contributed by atoms with Crippen LogP contribution in [0.5, 0.6) is 0 Å². The number of amides is 1. The number of hydrogen-bond donors (Lipinski definition) is 1. The molecule has 1 atom stereocenters. The van der Waals surface area contributed by atoms with E-state index in [0.29, 0.717) is 6.54 Å². The van der Waals surface area contributed by atoms with Gasteiger partial charge in [-0.05, 0) is 24.5 Å². The van der Waals surface area contributed by atoms with Crippen molar-refractivity contribution in [2.45, 2.75) is 19.5 Å². The Morgan fingerprint density at radius 2 is 2.31 bits per heavy atom. The van der Waals surface area contributed by atoms with Crippen molar-refractivity contribution in [3.05, 3.63) is 29.8 Å². The molecule has 16 heavy (non-hydrogen) atoms. The average Bonchev–Trinajstić information content (AvgIpc) is 2.48. The van der Waals surface area contributed by atoms with Gasteiger partial charge in [-0.1, -0.05) is 18.2 Å². The van der Waals surface area contributed by atoms with E-state index in [-0.39, 0.29) is 11.9 Å². The molecule has 1 aromatic carbocycles. The average molecular weight is 214 g/mol. The van der Waals surface area contributed by atoms with Crippen molar-refractivity contribution in [3.63, 3.8) is 0 Å². The highest BCUT2D eigenvalue weighted by molar-refractivity contribution is 6.06. The SMILES string of the molecule is C#CC(=O)N1CC(C)NCc2ccccc21. The Morgan fingerprint density at radius 1 is 1.56 bits per heavy atom. The highest BCUT2D eigenvalue weighted by atomic mass is 16.2. The van der Waals surface area contributed by atoms with Crippen LogP contribution >= 0.6 is 0 Å². The molecule has 0 aromatic heterocycles. The number of nitrogens with one attached hydrogen (secondary N) is 1. The summed E-state index contributed by atoms with van der Waals surface area (Å²) in [5.74, 6) is 1.91. The van der Waals surface area contributed by atoms with Gasteiger partial charge in [0.25, 0.3) is 0 Å². The van der Waals surface area contributed by atoms with E-state index in [1.807, 2.05) is 31.2 Å². The van der Waals surface area contributed by atoms with Gasteiger partial charge in [-0.25, -0.2) is 0 Å². The van der Waals surface area contributed by atoms with E-state index in [1.54, 1.807) is 4.90 Å². The van der Waals surface area contributed by atoms with E-state index in [2.05, 4.69) is 11.2 Å². The summed E-state index contributed by atoms with van der Waals surface area (Å²) in [7, 11) is 0. The van der Waals surface area contributed by atoms with Crippen molar-refractivity contribution in [1.82, 2.24) is 5.32 Å². The summed E-state index contributed by atoms with van der Waals surface area (Å²) in [6.45, 7) is 3.43. The Hall–Kier alpha value is -1.79. The second-order valence-corrected chi connectivity index (χ2v) is 3.97. The molecule has 2 rings (SSSR count). The molecule has 0 saturated heterocycles. The smallest absolute Gasteiger partial charge is 0.302 e. The van der Waals surface area contributed by atoms with E-state index in [1.165, 1.54) is 0 Å². The molecule has 0 fully saturated rings. The normalized spacial score (nSPS) is 19.5. The molecule has 0 radical (unpaired) electrons. The van der Waals surface area contributed by atoms with E-state index >= 15 is 0 Å². The van der Waals surface area contributed by atoms with Gasteiger partial charge in [0.2, 0.25) is 0 Å². The van der Waals surface area contributed by atoms with E-state index in [4.69, 9.17) is 6.42 Å². The van der Waals surface area contributed by atoms with Gasteiger partial charge in [0.1, 0.15) is 0 Å².